The van der Waals surface area contributed by atoms with E-state index in [0.29, 0.717) is 18.2 Å². The van der Waals surface area contributed by atoms with E-state index in [-0.39, 0.29) is 11.6 Å². The maximum atomic E-state index is 11.9. The standard InChI is InChI=1S/C15H19N3O3/c1-10(16)11-4-5-13(20-2)12(8-11)9-18-15(19)7-6-14(17-18)21-3/h4-8,10H,9,16H2,1-3H3. The molecule has 1 atom stereocenters. The van der Waals surface area contributed by atoms with E-state index in [1.54, 1.807) is 7.11 Å². The lowest BCUT2D eigenvalue weighted by Crippen LogP contribution is -2.23. The SMILES string of the molecule is COc1ccc(=O)n(Cc2cc(C(C)N)ccc2OC)n1. The third-order valence-corrected chi connectivity index (χ3v) is 3.20. The molecule has 6 nitrogen and oxygen atoms in total. The first kappa shape index (κ1) is 15.1. The van der Waals surface area contributed by atoms with E-state index in [1.165, 1.54) is 23.9 Å². The number of nitrogens with zero attached hydrogens (tertiary/aromatic N) is 2. The smallest absolute Gasteiger partial charge is 0.267 e. The Hall–Kier alpha value is -2.34. The Bertz CT molecular complexity index is 680. The predicted octanol–water partition coefficient (Wildman–Crippen LogP) is 1.33. The Balaban J connectivity index is 2.42. The van der Waals surface area contributed by atoms with E-state index < -0.39 is 0 Å². The summed E-state index contributed by atoms with van der Waals surface area (Å²) in [5.74, 6) is 1.08. The van der Waals surface area contributed by atoms with Crippen molar-refractivity contribution in [3.63, 3.8) is 0 Å². The molecule has 2 N–H and O–H groups in total. The van der Waals surface area contributed by atoms with E-state index >= 15 is 0 Å². The molecule has 0 bridgehead atoms. The van der Waals surface area contributed by atoms with Gasteiger partial charge < -0.3 is 15.2 Å². The molecule has 1 heterocycles. The average Bonchev–Trinajstić information content (AvgIpc) is 2.49. The molecule has 1 unspecified atom stereocenters. The number of hydrogen-bond acceptors (Lipinski definition) is 5. The van der Waals surface area contributed by atoms with Crippen LogP contribution in [-0.4, -0.2) is 24.0 Å². The van der Waals surface area contributed by atoms with Gasteiger partial charge >= 0.3 is 0 Å². The minimum absolute atomic E-state index is 0.0929. The molecule has 21 heavy (non-hydrogen) atoms. The second kappa shape index (κ2) is 6.41. The summed E-state index contributed by atoms with van der Waals surface area (Å²) in [4.78, 5) is 11.9. The van der Waals surface area contributed by atoms with Gasteiger partial charge in [-0.3, -0.25) is 4.79 Å². The number of nitrogens with two attached hydrogens (primary N) is 1. The highest BCUT2D eigenvalue weighted by Crippen LogP contribution is 2.23. The highest BCUT2D eigenvalue weighted by Gasteiger charge is 2.10. The largest absolute Gasteiger partial charge is 0.496 e. The fourth-order valence-electron chi connectivity index (χ4n) is 2.02. The molecule has 0 spiro atoms. The molecule has 2 aromatic rings. The van der Waals surface area contributed by atoms with E-state index in [4.69, 9.17) is 15.2 Å². The minimum Gasteiger partial charge on any atom is -0.496 e. The molecule has 6 heteroatoms. The van der Waals surface area contributed by atoms with Crippen LogP contribution >= 0.6 is 0 Å². The van der Waals surface area contributed by atoms with Crippen LogP contribution < -0.4 is 20.8 Å². The lowest BCUT2D eigenvalue weighted by Gasteiger charge is -2.13. The molecule has 0 saturated carbocycles. The lowest BCUT2D eigenvalue weighted by molar-refractivity contribution is 0.376. The second-order valence-electron chi connectivity index (χ2n) is 4.73. The van der Waals surface area contributed by atoms with Gasteiger partial charge in [-0.1, -0.05) is 6.07 Å². The summed E-state index contributed by atoms with van der Waals surface area (Å²) in [5, 5.41) is 4.13. The molecular weight excluding hydrogens is 270 g/mol. The molecule has 0 fully saturated rings. The molecule has 0 amide bonds. The van der Waals surface area contributed by atoms with Gasteiger partial charge in [-0.2, -0.15) is 0 Å². The first-order chi connectivity index (χ1) is 10.0. The van der Waals surface area contributed by atoms with E-state index in [1.807, 2.05) is 25.1 Å². The molecule has 0 aliphatic heterocycles. The van der Waals surface area contributed by atoms with Gasteiger partial charge in [0.1, 0.15) is 5.75 Å². The number of methoxy groups -OCH3 is 2. The first-order valence-corrected chi connectivity index (χ1v) is 6.59. The first-order valence-electron chi connectivity index (χ1n) is 6.59. The van der Waals surface area contributed by atoms with Crippen LogP contribution in [0.15, 0.2) is 35.1 Å². The van der Waals surface area contributed by atoms with E-state index in [9.17, 15) is 4.79 Å². The maximum absolute atomic E-state index is 11.9. The Kier molecular flexibility index (Phi) is 4.59. The van der Waals surface area contributed by atoms with Gasteiger partial charge in [0.15, 0.2) is 0 Å². The molecule has 0 saturated heterocycles. The van der Waals surface area contributed by atoms with Crippen LogP contribution in [0.5, 0.6) is 11.6 Å². The summed E-state index contributed by atoms with van der Waals surface area (Å²) in [6.45, 7) is 2.20. The molecule has 1 aromatic heterocycles. The van der Waals surface area contributed by atoms with Crippen LogP contribution in [0.1, 0.15) is 24.1 Å². The van der Waals surface area contributed by atoms with Crippen molar-refractivity contribution < 1.29 is 9.47 Å². The topological polar surface area (TPSA) is 79.4 Å². The van der Waals surface area contributed by atoms with Crippen molar-refractivity contribution in [1.29, 1.82) is 0 Å². The Morgan fingerprint density at radius 1 is 1.24 bits per heavy atom. The van der Waals surface area contributed by atoms with Crippen molar-refractivity contribution in [3.8, 4) is 11.6 Å². The fraction of sp³-hybridized carbons (Fsp3) is 0.333. The number of rotatable bonds is 5. The lowest BCUT2D eigenvalue weighted by atomic mass is 10.0. The van der Waals surface area contributed by atoms with Crippen LogP contribution in [0, 0.1) is 0 Å². The summed E-state index contributed by atoms with van der Waals surface area (Å²) < 4.78 is 11.7. The summed E-state index contributed by atoms with van der Waals surface area (Å²) in [7, 11) is 3.10. The zero-order valence-electron chi connectivity index (χ0n) is 12.4. The predicted molar refractivity (Wildman–Crippen MR) is 79.7 cm³/mol. The highest BCUT2D eigenvalue weighted by atomic mass is 16.5. The van der Waals surface area contributed by atoms with Gasteiger partial charge in [-0.25, -0.2) is 4.68 Å². The average molecular weight is 289 g/mol. The fourth-order valence-corrected chi connectivity index (χ4v) is 2.02. The molecular formula is C15H19N3O3. The molecule has 2 rings (SSSR count). The second-order valence-corrected chi connectivity index (χ2v) is 4.73. The third kappa shape index (κ3) is 3.41. The van der Waals surface area contributed by atoms with Gasteiger partial charge in [0.2, 0.25) is 5.88 Å². The highest BCUT2D eigenvalue weighted by molar-refractivity contribution is 5.38. The van der Waals surface area contributed by atoms with Gasteiger partial charge in [0.25, 0.3) is 5.56 Å². The number of ether oxygens (including phenoxy) is 2. The van der Waals surface area contributed by atoms with Crippen molar-refractivity contribution in [2.24, 2.45) is 5.73 Å². The van der Waals surface area contributed by atoms with Gasteiger partial charge in [-0.05, 0) is 24.6 Å². The summed E-state index contributed by atoms with van der Waals surface area (Å²) in [6, 6.07) is 8.55. The number of benzene rings is 1. The number of hydrogen-bond donors (Lipinski definition) is 1. The van der Waals surface area contributed by atoms with Gasteiger partial charge in [0, 0.05) is 23.7 Å². The van der Waals surface area contributed by atoms with Crippen molar-refractivity contribution in [2.45, 2.75) is 19.5 Å². The quantitative estimate of drug-likeness (QED) is 0.898. The maximum Gasteiger partial charge on any atom is 0.267 e. The van der Waals surface area contributed by atoms with E-state index in [0.717, 1.165) is 11.1 Å². The molecule has 112 valence electrons. The van der Waals surface area contributed by atoms with Crippen molar-refractivity contribution in [2.75, 3.05) is 14.2 Å². The Labute approximate surface area is 123 Å². The van der Waals surface area contributed by atoms with Gasteiger partial charge in [-0.15, -0.1) is 5.10 Å². The normalized spacial score (nSPS) is 12.0. The zero-order chi connectivity index (χ0) is 15.4. The molecule has 0 radical (unpaired) electrons. The van der Waals surface area contributed by atoms with Crippen molar-refractivity contribution in [3.05, 3.63) is 51.8 Å². The summed E-state index contributed by atoms with van der Waals surface area (Å²) in [6.07, 6.45) is 0. The zero-order valence-corrected chi connectivity index (χ0v) is 12.4. The summed E-state index contributed by atoms with van der Waals surface area (Å²) in [5.41, 5.74) is 7.51. The minimum atomic E-state index is -0.205. The van der Waals surface area contributed by atoms with Crippen LogP contribution in [0.3, 0.4) is 0 Å². The molecule has 0 aliphatic carbocycles. The van der Waals surface area contributed by atoms with Crippen LogP contribution in [0.25, 0.3) is 0 Å². The molecule has 0 aliphatic rings. The monoisotopic (exact) mass is 289 g/mol. The Morgan fingerprint density at radius 3 is 2.62 bits per heavy atom. The van der Waals surface area contributed by atoms with Crippen LogP contribution in [0.2, 0.25) is 0 Å². The van der Waals surface area contributed by atoms with E-state index in [2.05, 4.69) is 5.10 Å². The van der Waals surface area contributed by atoms with Gasteiger partial charge in [0.05, 0.1) is 20.8 Å². The third-order valence-electron chi connectivity index (χ3n) is 3.20. The van der Waals surface area contributed by atoms with Crippen molar-refractivity contribution >= 4 is 0 Å². The Morgan fingerprint density at radius 2 is 2.00 bits per heavy atom. The molecule has 1 aromatic carbocycles. The van der Waals surface area contributed by atoms with Crippen LogP contribution in [0.4, 0.5) is 0 Å². The van der Waals surface area contributed by atoms with Crippen LogP contribution in [-0.2, 0) is 6.54 Å². The number of aromatic nitrogens is 2. The van der Waals surface area contributed by atoms with Crippen molar-refractivity contribution in [1.82, 2.24) is 9.78 Å². The summed E-state index contributed by atoms with van der Waals surface area (Å²) >= 11 is 0.